The molecule has 0 unspecified atom stereocenters. The molecule has 0 saturated carbocycles. The van der Waals surface area contributed by atoms with Gasteiger partial charge in [0.25, 0.3) is 0 Å². The van der Waals surface area contributed by atoms with E-state index in [1.165, 1.54) is 0 Å². The molecule has 0 aliphatic carbocycles. The van der Waals surface area contributed by atoms with Gasteiger partial charge in [-0.3, -0.25) is 4.79 Å². The van der Waals surface area contributed by atoms with Crippen LogP contribution in [0.1, 0.15) is 15.9 Å². The molecule has 0 atom stereocenters. The van der Waals surface area contributed by atoms with E-state index in [9.17, 15) is 4.79 Å². The molecule has 1 aromatic heterocycles. The summed E-state index contributed by atoms with van der Waals surface area (Å²) in [5, 5.41) is 4.69. The minimum Gasteiger partial charge on any atom is -0.497 e. The highest BCUT2D eigenvalue weighted by Crippen LogP contribution is 2.21. The number of Topliss-reactive ketones (excluding diaryl/α,β-unsaturated/α-hetero) is 1. The predicted molar refractivity (Wildman–Crippen MR) is 138 cm³/mol. The summed E-state index contributed by atoms with van der Waals surface area (Å²) in [5.41, 5.74) is 3.64. The van der Waals surface area contributed by atoms with E-state index in [0.29, 0.717) is 11.3 Å². The van der Waals surface area contributed by atoms with Crippen LogP contribution in [0.4, 0.5) is 5.69 Å². The van der Waals surface area contributed by atoms with Gasteiger partial charge in [0.2, 0.25) is 5.78 Å². The molecule has 0 fully saturated rings. The van der Waals surface area contributed by atoms with Crippen molar-refractivity contribution in [3.8, 4) is 22.9 Å². The molecule has 0 aliphatic rings. The third kappa shape index (κ3) is 5.58. The molecule has 0 amide bonds. The number of hydrogen-bond donors (Lipinski definition) is 0. The molecule has 1 heterocycles. The largest absolute Gasteiger partial charge is 0.497 e. The summed E-state index contributed by atoms with van der Waals surface area (Å²) in [4.78, 5) is 15.1. The SMILES string of the molecule is COc1ccc(C(=O)C[n+]2ccn(/N=C/c3ccc(N(C)C)cc3)c2-c2ccc(OC)cc2)cc1. The van der Waals surface area contributed by atoms with Crippen molar-refractivity contribution in [3.63, 3.8) is 0 Å². The minimum absolute atomic E-state index is 0.00609. The lowest BCUT2D eigenvalue weighted by Gasteiger charge is -2.11. The lowest BCUT2D eigenvalue weighted by Crippen LogP contribution is -2.38. The normalized spacial score (nSPS) is 11.0. The average Bonchev–Trinajstić information content (AvgIpc) is 3.29. The number of hydrogen-bond acceptors (Lipinski definition) is 5. The summed E-state index contributed by atoms with van der Waals surface area (Å²) < 4.78 is 14.2. The quantitative estimate of drug-likeness (QED) is 0.208. The molecule has 4 rings (SSSR count). The first kappa shape index (κ1) is 23.8. The molecular formula is C28H29N4O3+. The zero-order valence-electron chi connectivity index (χ0n) is 20.4. The lowest BCUT2D eigenvalue weighted by molar-refractivity contribution is -0.671. The predicted octanol–water partition coefficient (Wildman–Crippen LogP) is 4.29. The first-order chi connectivity index (χ1) is 17.0. The van der Waals surface area contributed by atoms with Crippen LogP contribution in [0.25, 0.3) is 11.4 Å². The Balaban J connectivity index is 1.66. The Labute approximate surface area is 205 Å². The molecule has 0 spiro atoms. The maximum Gasteiger partial charge on any atom is 0.314 e. The molecular weight excluding hydrogens is 440 g/mol. The number of benzene rings is 3. The Morgan fingerprint density at radius 2 is 1.51 bits per heavy atom. The molecule has 0 radical (unpaired) electrons. The lowest BCUT2D eigenvalue weighted by atomic mass is 10.1. The number of ketones is 1. The number of nitrogens with zero attached hydrogens (tertiary/aromatic N) is 4. The smallest absolute Gasteiger partial charge is 0.314 e. The van der Waals surface area contributed by atoms with Gasteiger partial charge in [-0.1, -0.05) is 17.2 Å². The van der Waals surface area contributed by atoms with Crippen molar-refractivity contribution in [3.05, 3.63) is 96.3 Å². The van der Waals surface area contributed by atoms with Crippen molar-refractivity contribution < 1.29 is 18.8 Å². The number of ether oxygens (including phenoxy) is 2. The van der Waals surface area contributed by atoms with Gasteiger partial charge in [0.15, 0.2) is 12.7 Å². The van der Waals surface area contributed by atoms with Gasteiger partial charge in [-0.05, 0) is 66.2 Å². The molecule has 4 aromatic rings. The molecule has 0 aliphatic heterocycles. The van der Waals surface area contributed by atoms with E-state index in [4.69, 9.17) is 14.6 Å². The second-order valence-electron chi connectivity index (χ2n) is 8.20. The first-order valence-electron chi connectivity index (χ1n) is 11.2. The molecule has 0 saturated heterocycles. The third-order valence-electron chi connectivity index (χ3n) is 5.69. The monoisotopic (exact) mass is 469 g/mol. The number of methoxy groups -OCH3 is 2. The highest BCUT2D eigenvalue weighted by molar-refractivity contribution is 5.95. The van der Waals surface area contributed by atoms with Crippen molar-refractivity contribution >= 4 is 17.7 Å². The number of rotatable bonds is 9. The van der Waals surface area contributed by atoms with Gasteiger partial charge in [0.05, 0.1) is 26.0 Å². The van der Waals surface area contributed by atoms with Crippen LogP contribution < -0.4 is 18.9 Å². The van der Waals surface area contributed by atoms with Gasteiger partial charge in [-0.2, -0.15) is 0 Å². The maximum atomic E-state index is 13.0. The fourth-order valence-electron chi connectivity index (χ4n) is 3.69. The minimum atomic E-state index is -0.00609. The summed E-state index contributed by atoms with van der Waals surface area (Å²) in [5.74, 6) is 2.26. The van der Waals surface area contributed by atoms with Gasteiger partial charge in [0.1, 0.15) is 17.7 Å². The van der Waals surface area contributed by atoms with Crippen LogP contribution in [-0.2, 0) is 6.54 Å². The van der Waals surface area contributed by atoms with Crippen LogP contribution in [0.15, 0.2) is 90.3 Å². The van der Waals surface area contributed by atoms with Crippen LogP contribution in [0.5, 0.6) is 11.5 Å². The Bertz CT molecular complexity index is 1310. The Hall–Kier alpha value is -4.39. The highest BCUT2D eigenvalue weighted by atomic mass is 16.5. The van der Waals surface area contributed by atoms with E-state index in [-0.39, 0.29) is 12.3 Å². The highest BCUT2D eigenvalue weighted by Gasteiger charge is 2.22. The van der Waals surface area contributed by atoms with Crippen molar-refractivity contribution in [1.29, 1.82) is 0 Å². The van der Waals surface area contributed by atoms with Crippen LogP contribution in [-0.4, -0.2) is 45.0 Å². The summed E-state index contributed by atoms with van der Waals surface area (Å²) >= 11 is 0. The first-order valence-corrected chi connectivity index (χ1v) is 11.2. The van der Waals surface area contributed by atoms with E-state index < -0.39 is 0 Å². The molecule has 178 valence electrons. The maximum absolute atomic E-state index is 13.0. The fourth-order valence-corrected chi connectivity index (χ4v) is 3.69. The van der Waals surface area contributed by atoms with E-state index in [1.54, 1.807) is 43.2 Å². The number of anilines is 1. The molecule has 7 heteroatoms. The standard InChI is InChI=1S/C28H29N4O3/c1-30(2)24-11-5-21(6-12-24)19-29-32-18-17-31(28(32)23-9-15-26(35-4)16-10-23)20-27(33)22-7-13-25(34-3)14-8-22/h5-19H,20H2,1-4H3/q+1/b29-19+. The van der Waals surface area contributed by atoms with Crippen LogP contribution in [0.3, 0.4) is 0 Å². The Morgan fingerprint density at radius 1 is 0.914 bits per heavy atom. The van der Waals surface area contributed by atoms with E-state index in [0.717, 1.165) is 28.4 Å². The van der Waals surface area contributed by atoms with E-state index in [2.05, 4.69) is 17.0 Å². The second kappa shape index (κ2) is 10.7. The molecule has 7 nitrogen and oxygen atoms in total. The van der Waals surface area contributed by atoms with Crippen LogP contribution >= 0.6 is 0 Å². The summed E-state index contributed by atoms with van der Waals surface area (Å²) in [7, 11) is 7.26. The van der Waals surface area contributed by atoms with Gasteiger partial charge in [-0.25, -0.2) is 4.57 Å². The molecule has 3 aromatic carbocycles. The van der Waals surface area contributed by atoms with Crippen molar-refractivity contribution in [2.24, 2.45) is 5.10 Å². The van der Waals surface area contributed by atoms with Gasteiger partial charge < -0.3 is 14.4 Å². The molecule has 0 bridgehead atoms. The number of imidazole rings is 1. The van der Waals surface area contributed by atoms with Gasteiger partial charge in [-0.15, -0.1) is 4.68 Å². The van der Waals surface area contributed by atoms with E-state index in [1.807, 2.05) is 73.7 Å². The summed E-state index contributed by atoms with van der Waals surface area (Å²) in [6, 6.07) is 23.0. The van der Waals surface area contributed by atoms with E-state index >= 15 is 0 Å². The summed E-state index contributed by atoms with van der Waals surface area (Å²) in [6.07, 6.45) is 5.53. The fraction of sp³-hybridized carbons (Fsp3) is 0.179. The molecule has 0 N–H and O–H groups in total. The van der Waals surface area contributed by atoms with Gasteiger partial charge >= 0.3 is 5.82 Å². The van der Waals surface area contributed by atoms with Crippen molar-refractivity contribution in [2.45, 2.75) is 6.54 Å². The number of carbonyl (C=O) groups excluding carboxylic acids is 1. The zero-order valence-corrected chi connectivity index (χ0v) is 20.4. The summed E-state index contributed by atoms with van der Waals surface area (Å²) in [6.45, 7) is 0.174. The third-order valence-corrected chi connectivity index (χ3v) is 5.69. The second-order valence-corrected chi connectivity index (χ2v) is 8.20. The van der Waals surface area contributed by atoms with Gasteiger partial charge in [0, 0.05) is 25.3 Å². The Morgan fingerprint density at radius 3 is 2.09 bits per heavy atom. The average molecular weight is 470 g/mol. The zero-order chi connectivity index (χ0) is 24.8. The van der Waals surface area contributed by atoms with Crippen molar-refractivity contribution in [1.82, 2.24) is 4.68 Å². The number of aromatic nitrogens is 2. The topological polar surface area (TPSA) is 59.9 Å². The van der Waals surface area contributed by atoms with Crippen molar-refractivity contribution in [2.75, 3.05) is 33.2 Å². The Kier molecular flexibility index (Phi) is 7.26. The van der Waals surface area contributed by atoms with Crippen LogP contribution in [0.2, 0.25) is 0 Å². The number of carbonyl (C=O) groups is 1. The molecule has 35 heavy (non-hydrogen) atoms. The van der Waals surface area contributed by atoms with Crippen LogP contribution in [0, 0.1) is 0 Å².